The van der Waals surface area contributed by atoms with Gasteiger partial charge < -0.3 is 5.11 Å². The van der Waals surface area contributed by atoms with Crippen molar-refractivity contribution in [2.24, 2.45) is 23.7 Å². The molecule has 1 N–H and O–H groups in total. The zero-order valence-electron chi connectivity index (χ0n) is 14.4. The summed E-state index contributed by atoms with van der Waals surface area (Å²) in [4.78, 5) is 0. The first kappa shape index (κ1) is 17.3. The minimum absolute atomic E-state index is 0.379. The molecule has 2 rings (SSSR count). The zero-order valence-corrected chi connectivity index (χ0v) is 14.4. The van der Waals surface area contributed by atoms with Gasteiger partial charge in [-0.1, -0.05) is 71.1 Å². The summed E-state index contributed by atoms with van der Waals surface area (Å²) in [7, 11) is 0. The van der Waals surface area contributed by atoms with E-state index in [1.54, 1.807) is 19.3 Å². The molecule has 21 heavy (non-hydrogen) atoms. The van der Waals surface area contributed by atoms with E-state index in [1.165, 1.54) is 64.2 Å². The van der Waals surface area contributed by atoms with Crippen LogP contribution in [0.25, 0.3) is 0 Å². The average Bonchev–Trinajstić information content (AvgIpc) is 3.39. The molecule has 2 fully saturated rings. The van der Waals surface area contributed by atoms with Gasteiger partial charge >= 0.3 is 0 Å². The molecule has 2 aliphatic carbocycles. The summed E-state index contributed by atoms with van der Waals surface area (Å²) in [6.07, 6.45) is 19.9. The fourth-order valence-corrected chi connectivity index (χ4v) is 4.18. The van der Waals surface area contributed by atoms with Crippen molar-refractivity contribution in [3.05, 3.63) is 0 Å². The molecule has 0 saturated heterocycles. The molecule has 2 unspecified atom stereocenters. The third-order valence-corrected chi connectivity index (χ3v) is 5.91. The van der Waals surface area contributed by atoms with Crippen LogP contribution >= 0.6 is 0 Å². The van der Waals surface area contributed by atoms with E-state index in [4.69, 9.17) is 5.11 Å². The van der Waals surface area contributed by atoms with Crippen molar-refractivity contribution >= 4 is 0 Å². The second kappa shape index (κ2) is 9.87. The van der Waals surface area contributed by atoms with Crippen molar-refractivity contribution in [3.63, 3.8) is 0 Å². The highest BCUT2D eigenvalue weighted by atomic mass is 16.2. The number of unbranched alkanes of at least 4 members (excludes halogenated alkanes) is 7. The number of hydrogen-bond acceptors (Lipinski definition) is 1. The monoisotopic (exact) mass is 294 g/mol. The summed E-state index contributed by atoms with van der Waals surface area (Å²) in [6.45, 7) is 2.69. The minimum Gasteiger partial charge on any atom is -0.396 e. The Morgan fingerprint density at radius 2 is 1.19 bits per heavy atom. The largest absolute Gasteiger partial charge is 0.396 e. The third kappa shape index (κ3) is 7.17. The van der Waals surface area contributed by atoms with Crippen LogP contribution in [0.5, 0.6) is 0 Å². The maximum atomic E-state index is 8.74. The first-order valence-corrected chi connectivity index (χ1v) is 9.96. The number of rotatable bonds is 14. The van der Waals surface area contributed by atoms with Crippen LogP contribution in [0.1, 0.15) is 96.8 Å². The lowest BCUT2D eigenvalue weighted by Gasteiger charge is -2.02. The topological polar surface area (TPSA) is 20.2 Å². The number of hydrogen-bond donors (Lipinski definition) is 1. The van der Waals surface area contributed by atoms with Crippen molar-refractivity contribution < 1.29 is 5.11 Å². The Bertz CT molecular complexity index is 263. The predicted molar refractivity (Wildman–Crippen MR) is 91.4 cm³/mol. The first-order valence-electron chi connectivity index (χ1n) is 9.96. The van der Waals surface area contributed by atoms with E-state index in [0.29, 0.717) is 6.61 Å². The Morgan fingerprint density at radius 1 is 0.667 bits per heavy atom. The molecule has 2 saturated carbocycles. The second-order valence-corrected chi connectivity index (χ2v) is 7.88. The highest BCUT2D eigenvalue weighted by Crippen LogP contribution is 2.54. The van der Waals surface area contributed by atoms with Gasteiger partial charge in [-0.3, -0.25) is 0 Å². The minimum atomic E-state index is 0.379. The lowest BCUT2D eigenvalue weighted by molar-refractivity contribution is 0.282. The Kier molecular flexibility index (Phi) is 8.14. The first-order chi connectivity index (χ1) is 10.3. The number of aliphatic hydroxyl groups excluding tert-OH is 1. The van der Waals surface area contributed by atoms with E-state index in [0.717, 1.165) is 30.1 Å². The van der Waals surface area contributed by atoms with Gasteiger partial charge in [0.05, 0.1) is 0 Å². The molecular weight excluding hydrogens is 256 g/mol. The van der Waals surface area contributed by atoms with Crippen molar-refractivity contribution in [1.82, 2.24) is 0 Å². The predicted octanol–water partition coefficient (Wildman–Crippen LogP) is 5.95. The van der Waals surface area contributed by atoms with E-state index in [1.807, 2.05) is 0 Å². The van der Waals surface area contributed by atoms with E-state index in [9.17, 15) is 0 Å². The molecular formula is C20H38O. The fourth-order valence-electron chi connectivity index (χ4n) is 4.18. The van der Waals surface area contributed by atoms with Gasteiger partial charge in [0, 0.05) is 6.61 Å². The van der Waals surface area contributed by atoms with Crippen LogP contribution in [-0.2, 0) is 0 Å². The van der Waals surface area contributed by atoms with Crippen LogP contribution in [0.4, 0.5) is 0 Å². The molecule has 0 spiro atoms. The molecule has 2 aliphatic rings. The molecule has 4 atom stereocenters. The van der Waals surface area contributed by atoms with Crippen LogP contribution in [0.15, 0.2) is 0 Å². The van der Waals surface area contributed by atoms with Gasteiger partial charge in [-0.15, -0.1) is 0 Å². The highest BCUT2D eigenvalue weighted by molar-refractivity contribution is 4.94. The molecule has 0 aromatic carbocycles. The maximum absolute atomic E-state index is 8.74. The van der Waals surface area contributed by atoms with Gasteiger partial charge in [0.1, 0.15) is 0 Å². The molecule has 0 heterocycles. The van der Waals surface area contributed by atoms with Crippen molar-refractivity contribution in [2.75, 3.05) is 6.61 Å². The summed E-state index contributed by atoms with van der Waals surface area (Å²) >= 11 is 0. The van der Waals surface area contributed by atoms with E-state index in [-0.39, 0.29) is 0 Å². The van der Waals surface area contributed by atoms with Crippen molar-refractivity contribution in [1.29, 1.82) is 0 Å². The zero-order chi connectivity index (χ0) is 14.9. The van der Waals surface area contributed by atoms with Gasteiger partial charge in [-0.25, -0.2) is 0 Å². The van der Waals surface area contributed by atoms with Crippen molar-refractivity contribution in [2.45, 2.75) is 96.8 Å². The molecule has 0 bridgehead atoms. The standard InChI is InChI=1S/C20H38O/c1-2-3-8-11-17-14-19(17)16-20-15-18(20)12-9-6-4-5-7-10-13-21/h17-21H,2-16H2,1H3/t17?,18-,19?,20+/m0/s1. The maximum Gasteiger partial charge on any atom is 0.0431 e. The van der Waals surface area contributed by atoms with Gasteiger partial charge in [-0.2, -0.15) is 0 Å². The Labute approximate surface area is 132 Å². The smallest absolute Gasteiger partial charge is 0.0431 e. The van der Waals surface area contributed by atoms with Gasteiger partial charge in [-0.05, 0) is 49.4 Å². The summed E-state index contributed by atoms with van der Waals surface area (Å²) in [6, 6.07) is 0. The molecule has 0 amide bonds. The molecule has 0 aromatic rings. The molecule has 0 aromatic heterocycles. The average molecular weight is 295 g/mol. The Balaban J connectivity index is 1.36. The summed E-state index contributed by atoms with van der Waals surface area (Å²) in [5, 5.41) is 8.74. The van der Waals surface area contributed by atoms with Crippen LogP contribution in [0.3, 0.4) is 0 Å². The van der Waals surface area contributed by atoms with Crippen LogP contribution in [0.2, 0.25) is 0 Å². The SMILES string of the molecule is CCCCCC1CC1C[C@H]1C[C@@H]1CCCCCCCCO. The lowest BCUT2D eigenvalue weighted by atomic mass is 10.0. The van der Waals surface area contributed by atoms with Crippen LogP contribution in [0, 0.1) is 23.7 Å². The second-order valence-electron chi connectivity index (χ2n) is 7.88. The Hall–Kier alpha value is -0.0400. The summed E-state index contributed by atoms with van der Waals surface area (Å²) in [5.74, 6) is 4.50. The van der Waals surface area contributed by atoms with Gasteiger partial charge in [0.2, 0.25) is 0 Å². The molecule has 1 heteroatoms. The van der Waals surface area contributed by atoms with E-state index >= 15 is 0 Å². The molecule has 1 nitrogen and oxygen atoms in total. The summed E-state index contributed by atoms with van der Waals surface area (Å²) in [5.41, 5.74) is 0. The third-order valence-electron chi connectivity index (χ3n) is 5.91. The normalized spacial score (nSPS) is 30.6. The van der Waals surface area contributed by atoms with E-state index < -0.39 is 0 Å². The molecule has 124 valence electrons. The summed E-state index contributed by atoms with van der Waals surface area (Å²) < 4.78 is 0. The van der Waals surface area contributed by atoms with Gasteiger partial charge in [0.15, 0.2) is 0 Å². The molecule has 0 radical (unpaired) electrons. The fraction of sp³-hybridized carbons (Fsp3) is 1.00. The van der Waals surface area contributed by atoms with Crippen LogP contribution in [-0.4, -0.2) is 11.7 Å². The number of aliphatic hydroxyl groups is 1. The lowest BCUT2D eigenvalue weighted by Crippen LogP contribution is -1.90. The quantitative estimate of drug-likeness (QED) is 0.392. The van der Waals surface area contributed by atoms with Crippen molar-refractivity contribution in [3.8, 4) is 0 Å². The van der Waals surface area contributed by atoms with Crippen LogP contribution < -0.4 is 0 Å². The molecule has 0 aliphatic heterocycles. The van der Waals surface area contributed by atoms with E-state index in [2.05, 4.69) is 6.92 Å². The van der Waals surface area contributed by atoms with Gasteiger partial charge in [0.25, 0.3) is 0 Å². The Morgan fingerprint density at radius 3 is 1.76 bits per heavy atom. The highest BCUT2D eigenvalue weighted by Gasteiger charge is 2.44.